The van der Waals surface area contributed by atoms with Gasteiger partial charge in [-0.2, -0.15) is 5.10 Å². The van der Waals surface area contributed by atoms with Crippen LogP contribution in [0.3, 0.4) is 0 Å². The predicted octanol–water partition coefficient (Wildman–Crippen LogP) is 4.45. The van der Waals surface area contributed by atoms with E-state index in [1.807, 2.05) is 0 Å². The molecule has 2 atom stereocenters. The second kappa shape index (κ2) is 6.03. The molecule has 1 aromatic rings. The van der Waals surface area contributed by atoms with Crippen LogP contribution < -0.4 is 0 Å². The minimum absolute atomic E-state index is 0.286. The summed E-state index contributed by atoms with van der Waals surface area (Å²) in [5, 5.41) is 5.71. The van der Waals surface area contributed by atoms with E-state index in [0.717, 1.165) is 18.2 Å². The SMILES string of the molecule is CCC(C)n1ccc(CC(C)(CBr)C(C)C)n1. The third-order valence-electron chi connectivity index (χ3n) is 3.99. The Morgan fingerprint density at radius 2 is 2.06 bits per heavy atom. The van der Waals surface area contributed by atoms with E-state index in [1.165, 1.54) is 5.69 Å². The topological polar surface area (TPSA) is 17.8 Å². The molecule has 0 amide bonds. The maximum atomic E-state index is 4.69. The lowest BCUT2D eigenvalue weighted by atomic mass is 9.77. The molecule has 1 aromatic heterocycles. The highest BCUT2D eigenvalue weighted by molar-refractivity contribution is 9.09. The summed E-state index contributed by atoms with van der Waals surface area (Å²) in [5.74, 6) is 0.649. The van der Waals surface area contributed by atoms with Crippen molar-refractivity contribution < 1.29 is 0 Å². The van der Waals surface area contributed by atoms with Gasteiger partial charge in [-0.3, -0.25) is 4.68 Å². The molecule has 0 saturated carbocycles. The highest BCUT2D eigenvalue weighted by atomic mass is 79.9. The van der Waals surface area contributed by atoms with Gasteiger partial charge in [0.05, 0.1) is 5.69 Å². The lowest BCUT2D eigenvalue weighted by Gasteiger charge is -2.31. The number of hydrogen-bond donors (Lipinski definition) is 0. The van der Waals surface area contributed by atoms with Crippen LogP contribution in [0.2, 0.25) is 0 Å². The average molecular weight is 301 g/mol. The molecular weight excluding hydrogens is 276 g/mol. The van der Waals surface area contributed by atoms with Crippen molar-refractivity contribution in [2.45, 2.75) is 53.5 Å². The second-order valence-electron chi connectivity index (χ2n) is 5.66. The lowest BCUT2D eigenvalue weighted by Crippen LogP contribution is -2.28. The minimum atomic E-state index is 0.286. The van der Waals surface area contributed by atoms with Gasteiger partial charge in [0.25, 0.3) is 0 Å². The number of alkyl halides is 1. The molecule has 0 N–H and O–H groups in total. The molecule has 0 bridgehead atoms. The quantitative estimate of drug-likeness (QED) is 0.710. The van der Waals surface area contributed by atoms with E-state index in [4.69, 9.17) is 5.10 Å². The Kier molecular flexibility index (Phi) is 5.23. The summed E-state index contributed by atoms with van der Waals surface area (Å²) >= 11 is 3.64. The Morgan fingerprint density at radius 1 is 1.41 bits per heavy atom. The first-order valence-electron chi connectivity index (χ1n) is 6.53. The van der Waals surface area contributed by atoms with E-state index >= 15 is 0 Å². The Labute approximate surface area is 114 Å². The molecule has 0 aliphatic heterocycles. The molecule has 2 unspecified atom stereocenters. The molecule has 0 aliphatic rings. The molecule has 0 aliphatic carbocycles. The van der Waals surface area contributed by atoms with Gasteiger partial charge >= 0.3 is 0 Å². The molecule has 0 spiro atoms. The number of rotatable bonds is 6. The van der Waals surface area contributed by atoms with Crippen molar-refractivity contribution in [3.8, 4) is 0 Å². The molecule has 0 radical (unpaired) electrons. The molecule has 0 fully saturated rings. The van der Waals surface area contributed by atoms with Crippen molar-refractivity contribution in [2.24, 2.45) is 11.3 Å². The zero-order valence-corrected chi connectivity index (χ0v) is 13.3. The van der Waals surface area contributed by atoms with Crippen molar-refractivity contribution in [1.82, 2.24) is 9.78 Å². The van der Waals surface area contributed by atoms with Crippen LogP contribution in [0.4, 0.5) is 0 Å². The fourth-order valence-electron chi connectivity index (χ4n) is 1.72. The monoisotopic (exact) mass is 300 g/mol. The standard InChI is InChI=1S/C14H25BrN2/c1-6-12(4)17-8-7-13(16-17)9-14(5,10-15)11(2)3/h7-8,11-12H,6,9-10H2,1-5H3. The van der Waals surface area contributed by atoms with Crippen molar-refractivity contribution in [2.75, 3.05) is 5.33 Å². The fourth-order valence-corrected chi connectivity index (χ4v) is 2.57. The molecule has 98 valence electrons. The number of halogens is 1. The molecule has 1 heterocycles. The smallest absolute Gasteiger partial charge is 0.0630 e. The van der Waals surface area contributed by atoms with E-state index in [1.54, 1.807) is 0 Å². The maximum absolute atomic E-state index is 4.69. The Balaban J connectivity index is 2.78. The summed E-state index contributed by atoms with van der Waals surface area (Å²) in [6.07, 6.45) is 4.28. The van der Waals surface area contributed by atoms with Crippen molar-refractivity contribution >= 4 is 15.9 Å². The summed E-state index contributed by atoms with van der Waals surface area (Å²) in [4.78, 5) is 0. The third kappa shape index (κ3) is 3.57. The van der Waals surface area contributed by atoms with Gasteiger partial charge in [-0.15, -0.1) is 0 Å². The first kappa shape index (κ1) is 14.7. The zero-order chi connectivity index (χ0) is 13.1. The van der Waals surface area contributed by atoms with Crippen LogP contribution in [0.15, 0.2) is 12.3 Å². The van der Waals surface area contributed by atoms with E-state index in [0.29, 0.717) is 12.0 Å². The molecule has 0 saturated heterocycles. The van der Waals surface area contributed by atoms with Crippen LogP contribution in [0.1, 0.15) is 52.8 Å². The van der Waals surface area contributed by atoms with E-state index in [-0.39, 0.29) is 5.41 Å². The van der Waals surface area contributed by atoms with Gasteiger partial charge in [0.1, 0.15) is 0 Å². The molecule has 3 heteroatoms. The summed E-state index contributed by atoms with van der Waals surface area (Å²) in [6, 6.07) is 2.66. The Morgan fingerprint density at radius 3 is 2.53 bits per heavy atom. The molecule has 17 heavy (non-hydrogen) atoms. The maximum Gasteiger partial charge on any atom is 0.0630 e. The number of nitrogens with zero attached hydrogens (tertiary/aromatic N) is 2. The molecular formula is C14H25BrN2. The van der Waals surface area contributed by atoms with Crippen molar-refractivity contribution in [3.63, 3.8) is 0 Å². The van der Waals surface area contributed by atoms with E-state index in [2.05, 4.69) is 67.5 Å². The summed E-state index contributed by atoms with van der Waals surface area (Å²) in [5.41, 5.74) is 1.50. The molecule has 1 rings (SSSR count). The van der Waals surface area contributed by atoms with Crippen LogP contribution in [0.25, 0.3) is 0 Å². The zero-order valence-electron chi connectivity index (χ0n) is 11.7. The van der Waals surface area contributed by atoms with Gasteiger partial charge < -0.3 is 0 Å². The fraction of sp³-hybridized carbons (Fsp3) is 0.786. The second-order valence-corrected chi connectivity index (χ2v) is 6.22. The van der Waals surface area contributed by atoms with Crippen LogP contribution in [-0.4, -0.2) is 15.1 Å². The molecule has 2 nitrogen and oxygen atoms in total. The largest absolute Gasteiger partial charge is 0.270 e. The van der Waals surface area contributed by atoms with Crippen molar-refractivity contribution in [1.29, 1.82) is 0 Å². The van der Waals surface area contributed by atoms with Gasteiger partial charge in [-0.05, 0) is 37.2 Å². The van der Waals surface area contributed by atoms with Gasteiger partial charge in [-0.25, -0.2) is 0 Å². The number of aromatic nitrogens is 2. The number of hydrogen-bond acceptors (Lipinski definition) is 1. The lowest BCUT2D eigenvalue weighted by molar-refractivity contribution is 0.254. The minimum Gasteiger partial charge on any atom is -0.270 e. The van der Waals surface area contributed by atoms with Crippen LogP contribution in [0.5, 0.6) is 0 Å². The highest BCUT2D eigenvalue weighted by Gasteiger charge is 2.28. The Hall–Kier alpha value is -0.310. The van der Waals surface area contributed by atoms with Crippen LogP contribution >= 0.6 is 15.9 Å². The molecule has 0 aromatic carbocycles. The highest BCUT2D eigenvalue weighted by Crippen LogP contribution is 2.32. The summed E-state index contributed by atoms with van der Waals surface area (Å²) in [7, 11) is 0. The van der Waals surface area contributed by atoms with Gasteiger partial charge in [0.15, 0.2) is 0 Å². The Bertz CT molecular complexity index is 346. The van der Waals surface area contributed by atoms with Crippen molar-refractivity contribution in [3.05, 3.63) is 18.0 Å². The first-order chi connectivity index (χ1) is 7.92. The van der Waals surface area contributed by atoms with Crippen LogP contribution in [0, 0.1) is 11.3 Å². The summed E-state index contributed by atoms with van der Waals surface area (Å²) < 4.78 is 2.09. The van der Waals surface area contributed by atoms with E-state index in [9.17, 15) is 0 Å². The average Bonchev–Trinajstić information content (AvgIpc) is 2.75. The van der Waals surface area contributed by atoms with Gasteiger partial charge in [-0.1, -0.05) is 43.6 Å². The normalized spacial score (nSPS) is 17.1. The summed E-state index contributed by atoms with van der Waals surface area (Å²) in [6.45, 7) is 11.3. The van der Waals surface area contributed by atoms with E-state index < -0.39 is 0 Å². The first-order valence-corrected chi connectivity index (χ1v) is 7.65. The third-order valence-corrected chi connectivity index (χ3v) is 5.27. The van der Waals surface area contributed by atoms with Gasteiger partial charge in [0, 0.05) is 17.6 Å². The predicted molar refractivity (Wildman–Crippen MR) is 77.7 cm³/mol. The van der Waals surface area contributed by atoms with Gasteiger partial charge in [0.2, 0.25) is 0 Å². The van der Waals surface area contributed by atoms with Crippen LogP contribution in [-0.2, 0) is 6.42 Å².